The van der Waals surface area contributed by atoms with Crippen LogP contribution in [-0.2, 0) is 9.59 Å². The van der Waals surface area contributed by atoms with E-state index in [-0.39, 0.29) is 22.9 Å². The summed E-state index contributed by atoms with van der Waals surface area (Å²) in [6.45, 7) is 12.2. The first-order chi connectivity index (χ1) is 13.7. The van der Waals surface area contributed by atoms with Crippen LogP contribution in [-0.4, -0.2) is 11.6 Å². The van der Waals surface area contributed by atoms with Crippen molar-refractivity contribution < 1.29 is 9.59 Å². The number of hydrogen-bond acceptors (Lipinski definition) is 2. The molecule has 4 aliphatic rings. The number of rotatable bonds is 5. The van der Waals surface area contributed by atoms with Gasteiger partial charge in [0, 0.05) is 12.3 Å². The number of carbonyl (C=O) groups excluding carboxylic acids is 2. The first-order valence-electron chi connectivity index (χ1n) is 12.8. The summed E-state index contributed by atoms with van der Waals surface area (Å²) in [7, 11) is 0. The van der Waals surface area contributed by atoms with E-state index in [1.165, 1.54) is 51.4 Å². The quantitative estimate of drug-likeness (QED) is 0.473. The monoisotopic (exact) mass is 400 g/mol. The van der Waals surface area contributed by atoms with Crippen molar-refractivity contribution in [1.82, 2.24) is 0 Å². The van der Waals surface area contributed by atoms with Crippen LogP contribution in [0.25, 0.3) is 0 Å². The largest absolute Gasteiger partial charge is 0.291 e. The van der Waals surface area contributed by atoms with Gasteiger partial charge in [-0.15, -0.1) is 0 Å². The van der Waals surface area contributed by atoms with E-state index in [9.17, 15) is 9.59 Å². The second-order valence-electron chi connectivity index (χ2n) is 12.3. The predicted octanol–water partition coefficient (Wildman–Crippen LogP) is 6.86. The fourth-order valence-corrected chi connectivity index (χ4v) is 8.97. The molecule has 0 aromatic heterocycles. The molecule has 4 rings (SSSR count). The van der Waals surface area contributed by atoms with Gasteiger partial charge in [-0.1, -0.05) is 53.9 Å². The molecule has 0 saturated heterocycles. The average molecular weight is 401 g/mol. The lowest BCUT2D eigenvalue weighted by Gasteiger charge is -2.60. The summed E-state index contributed by atoms with van der Waals surface area (Å²) < 4.78 is 0. The van der Waals surface area contributed by atoms with Crippen LogP contribution >= 0.6 is 0 Å². The third-order valence-corrected chi connectivity index (χ3v) is 10.6. The van der Waals surface area contributed by atoms with E-state index in [4.69, 9.17) is 0 Å². The standard InChI is InChI=1S/C27H44O2/c1-17(2)7-6-8-18(3)20-11-12-21-19-9-10-23-25(29)24(28)14-16-27(23,5)22(19)13-15-26(20,21)4/h17-23H,6-16H2,1-5H3/t18-,19+,20-,21+,22+,23+,26-,27-/m1/s1. The molecular weight excluding hydrogens is 356 g/mol. The predicted molar refractivity (Wildman–Crippen MR) is 118 cm³/mol. The summed E-state index contributed by atoms with van der Waals surface area (Å²) >= 11 is 0. The highest BCUT2D eigenvalue weighted by molar-refractivity contribution is 6.38. The van der Waals surface area contributed by atoms with Crippen LogP contribution in [0.3, 0.4) is 0 Å². The van der Waals surface area contributed by atoms with Crippen LogP contribution in [0.4, 0.5) is 0 Å². The Hall–Kier alpha value is -0.660. The molecule has 0 bridgehead atoms. The molecule has 0 heterocycles. The minimum atomic E-state index is -0.0808. The maximum atomic E-state index is 12.7. The Balaban J connectivity index is 1.49. The number of carbonyl (C=O) groups is 2. The third kappa shape index (κ3) is 3.45. The lowest BCUT2D eigenvalue weighted by atomic mass is 9.44. The molecule has 0 aliphatic heterocycles. The molecular formula is C27H44O2. The van der Waals surface area contributed by atoms with Crippen molar-refractivity contribution >= 4 is 11.6 Å². The normalized spacial score (nSPS) is 45.7. The van der Waals surface area contributed by atoms with E-state index in [0.29, 0.717) is 17.8 Å². The molecule has 0 amide bonds. The summed E-state index contributed by atoms with van der Waals surface area (Å²) in [4.78, 5) is 24.8. The average Bonchev–Trinajstić information content (AvgIpc) is 3.02. The van der Waals surface area contributed by atoms with Crippen LogP contribution in [0.2, 0.25) is 0 Å². The molecule has 2 heteroatoms. The summed E-state index contributed by atoms with van der Waals surface area (Å²) in [5, 5.41) is 0. The van der Waals surface area contributed by atoms with Gasteiger partial charge in [-0.25, -0.2) is 0 Å². The Kier molecular flexibility index (Phi) is 5.79. The van der Waals surface area contributed by atoms with Gasteiger partial charge in [-0.05, 0) is 91.3 Å². The molecule has 0 aromatic carbocycles. The number of Topliss-reactive ketones (excluding diaryl/α,β-unsaturated/α-hetero) is 2. The highest BCUT2D eigenvalue weighted by atomic mass is 16.2. The van der Waals surface area contributed by atoms with Gasteiger partial charge in [0.25, 0.3) is 0 Å². The molecule has 0 unspecified atom stereocenters. The van der Waals surface area contributed by atoms with Crippen molar-refractivity contribution in [3.8, 4) is 0 Å². The summed E-state index contributed by atoms with van der Waals surface area (Å²) in [6, 6.07) is 0. The highest BCUT2D eigenvalue weighted by Crippen LogP contribution is 2.67. The SMILES string of the molecule is CC(C)CCC[C@@H](C)[C@H]1CC[C@H]2[C@@H]3CC[C@H]4C(=O)C(=O)CC[C@]4(C)[C@H]3CC[C@]12C. The first-order valence-corrected chi connectivity index (χ1v) is 12.8. The van der Waals surface area contributed by atoms with Gasteiger partial charge in [0.05, 0.1) is 0 Å². The Morgan fingerprint density at radius 1 is 0.862 bits per heavy atom. The van der Waals surface area contributed by atoms with Gasteiger partial charge in [0.1, 0.15) is 0 Å². The summed E-state index contributed by atoms with van der Waals surface area (Å²) in [5.41, 5.74) is 0.603. The molecule has 0 radical (unpaired) electrons. The lowest BCUT2D eigenvalue weighted by Crippen LogP contribution is -2.56. The molecule has 2 nitrogen and oxygen atoms in total. The zero-order valence-corrected chi connectivity index (χ0v) is 19.6. The van der Waals surface area contributed by atoms with Gasteiger partial charge in [-0.2, -0.15) is 0 Å². The summed E-state index contributed by atoms with van der Waals surface area (Å²) in [5.74, 6) is 4.81. The molecule has 4 saturated carbocycles. The minimum Gasteiger partial charge on any atom is -0.291 e. The van der Waals surface area contributed by atoms with E-state index < -0.39 is 0 Å². The van der Waals surface area contributed by atoms with E-state index in [0.717, 1.165) is 42.4 Å². The van der Waals surface area contributed by atoms with E-state index in [2.05, 4.69) is 34.6 Å². The van der Waals surface area contributed by atoms with Crippen LogP contribution < -0.4 is 0 Å². The third-order valence-electron chi connectivity index (χ3n) is 10.6. The van der Waals surface area contributed by atoms with Gasteiger partial charge >= 0.3 is 0 Å². The smallest absolute Gasteiger partial charge is 0.201 e. The van der Waals surface area contributed by atoms with Crippen molar-refractivity contribution in [2.24, 2.45) is 52.3 Å². The van der Waals surface area contributed by atoms with E-state index >= 15 is 0 Å². The first kappa shape index (κ1) is 21.6. The highest BCUT2D eigenvalue weighted by Gasteiger charge is 2.62. The lowest BCUT2D eigenvalue weighted by molar-refractivity contribution is -0.158. The van der Waals surface area contributed by atoms with E-state index in [1.54, 1.807) is 0 Å². The molecule has 8 atom stereocenters. The fourth-order valence-electron chi connectivity index (χ4n) is 8.97. The number of hydrogen-bond donors (Lipinski definition) is 0. The molecule has 0 N–H and O–H groups in total. The van der Waals surface area contributed by atoms with Crippen LogP contribution in [0, 0.1) is 52.3 Å². The maximum Gasteiger partial charge on any atom is 0.201 e. The summed E-state index contributed by atoms with van der Waals surface area (Å²) in [6.07, 6.45) is 13.3. The molecule has 164 valence electrons. The van der Waals surface area contributed by atoms with E-state index in [1.807, 2.05) is 0 Å². The Bertz CT molecular complexity index is 651. The number of fused-ring (bicyclic) bond motifs is 5. The van der Waals surface area contributed by atoms with Crippen LogP contribution in [0.5, 0.6) is 0 Å². The molecule has 0 spiro atoms. The van der Waals surface area contributed by atoms with Crippen molar-refractivity contribution in [3.63, 3.8) is 0 Å². The van der Waals surface area contributed by atoms with Crippen molar-refractivity contribution in [3.05, 3.63) is 0 Å². The van der Waals surface area contributed by atoms with Gasteiger partial charge in [0.15, 0.2) is 5.78 Å². The molecule has 4 fully saturated rings. The second-order valence-corrected chi connectivity index (χ2v) is 12.3. The molecule has 0 aromatic rings. The van der Waals surface area contributed by atoms with Crippen LogP contribution in [0.15, 0.2) is 0 Å². The van der Waals surface area contributed by atoms with Crippen molar-refractivity contribution in [2.75, 3.05) is 0 Å². The van der Waals surface area contributed by atoms with Gasteiger partial charge in [-0.3, -0.25) is 9.59 Å². The maximum absolute atomic E-state index is 12.7. The Morgan fingerprint density at radius 2 is 1.59 bits per heavy atom. The fraction of sp³-hybridized carbons (Fsp3) is 0.926. The second kappa shape index (κ2) is 7.79. The minimum absolute atomic E-state index is 0.0198. The zero-order chi connectivity index (χ0) is 21.0. The van der Waals surface area contributed by atoms with Crippen LogP contribution in [0.1, 0.15) is 105 Å². The Morgan fingerprint density at radius 3 is 2.31 bits per heavy atom. The number of ketones is 2. The topological polar surface area (TPSA) is 34.1 Å². The molecule has 29 heavy (non-hydrogen) atoms. The Labute approximate surface area is 179 Å². The van der Waals surface area contributed by atoms with Gasteiger partial charge < -0.3 is 0 Å². The van der Waals surface area contributed by atoms with Gasteiger partial charge in [0.2, 0.25) is 5.78 Å². The molecule has 4 aliphatic carbocycles. The van der Waals surface area contributed by atoms with Crippen molar-refractivity contribution in [1.29, 1.82) is 0 Å². The zero-order valence-electron chi connectivity index (χ0n) is 19.6. The van der Waals surface area contributed by atoms with Crippen molar-refractivity contribution in [2.45, 2.75) is 105 Å².